The third kappa shape index (κ3) is 2.23. The molecule has 0 saturated carbocycles. The fraction of sp³-hybridized carbons (Fsp3) is 0.294. The van der Waals surface area contributed by atoms with E-state index in [9.17, 15) is 10.2 Å². The lowest BCUT2D eigenvalue weighted by Crippen LogP contribution is -2.24. The molecule has 0 radical (unpaired) electrons. The predicted molar refractivity (Wildman–Crippen MR) is 82.4 cm³/mol. The molecule has 1 aliphatic rings. The van der Waals surface area contributed by atoms with E-state index in [1.807, 2.05) is 42.5 Å². The molecule has 112 valence electrons. The third-order valence-electron chi connectivity index (χ3n) is 4.14. The molecule has 5 nitrogen and oxygen atoms in total. The first kappa shape index (κ1) is 13.6. The molecule has 0 amide bonds. The summed E-state index contributed by atoms with van der Waals surface area (Å²) < 4.78 is 5.70. The number of rotatable bonds is 2. The van der Waals surface area contributed by atoms with Gasteiger partial charge in [0.2, 0.25) is 0 Å². The molecule has 1 aliphatic heterocycles. The Morgan fingerprint density at radius 3 is 2.36 bits per heavy atom. The zero-order chi connectivity index (χ0) is 15.1. The summed E-state index contributed by atoms with van der Waals surface area (Å²) in [7, 11) is 0. The van der Waals surface area contributed by atoms with Gasteiger partial charge in [0.1, 0.15) is 6.10 Å². The third-order valence-corrected chi connectivity index (χ3v) is 4.14. The van der Waals surface area contributed by atoms with Gasteiger partial charge >= 0.3 is 0 Å². The van der Waals surface area contributed by atoms with Crippen LogP contribution in [0.4, 0.5) is 0 Å². The molecule has 1 saturated heterocycles. The summed E-state index contributed by atoms with van der Waals surface area (Å²) in [5.41, 5.74) is 4.32. The minimum atomic E-state index is -0.631. The average Bonchev–Trinajstić information content (AvgIpc) is 2.93. The molecular weight excluding hydrogens is 280 g/mol. The summed E-state index contributed by atoms with van der Waals surface area (Å²) >= 11 is 0. The Morgan fingerprint density at radius 1 is 1.00 bits per heavy atom. The highest BCUT2D eigenvalue weighted by Crippen LogP contribution is 2.34. The molecule has 22 heavy (non-hydrogen) atoms. The second kappa shape index (κ2) is 5.28. The van der Waals surface area contributed by atoms with Crippen LogP contribution in [0.5, 0.6) is 0 Å². The molecule has 2 aromatic carbocycles. The lowest BCUT2D eigenvalue weighted by molar-refractivity contribution is -0.0225. The lowest BCUT2D eigenvalue weighted by Gasteiger charge is -2.12. The van der Waals surface area contributed by atoms with Crippen molar-refractivity contribution in [3.8, 4) is 0 Å². The van der Waals surface area contributed by atoms with Crippen LogP contribution in [0, 0.1) is 0 Å². The first-order chi connectivity index (χ1) is 10.7. The Bertz CT molecular complexity index is 836. The predicted octanol–water partition coefficient (Wildman–Crippen LogP) is 1.97. The van der Waals surface area contributed by atoms with E-state index in [4.69, 9.17) is 4.74 Å². The monoisotopic (exact) mass is 296 g/mol. The maximum atomic E-state index is 9.86. The van der Waals surface area contributed by atoms with Gasteiger partial charge in [0.05, 0.1) is 40.9 Å². The average molecular weight is 296 g/mol. The van der Waals surface area contributed by atoms with E-state index in [-0.39, 0.29) is 12.7 Å². The minimum Gasteiger partial charge on any atom is -0.394 e. The quantitative estimate of drug-likeness (QED) is 0.707. The van der Waals surface area contributed by atoms with E-state index < -0.39 is 12.2 Å². The summed E-state index contributed by atoms with van der Waals surface area (Å²) in [5, 5.41) is 19.0. The molecule has 3 atom stereocenters. The van der Waals surface area contributed by atoms with Crippen molar-refractivity contribution in [1.29, 1.82) is 0 Å². The number of aliphatic hydroxyl groups excluding tert-OH is 2. The smallest absolute Gasteiger partial charge is 0.107 e. The van der Waals surface area contributed by atoms with Crippen LogP contribution in [-0.4, -0.2) is 39.0 Å². The first-order valence-corrected chi connectivity index (χ1v) is 7.35. The molecule has 3 aromatic rings. The van der Waals surface area contributed by atoms with Gasteiger partial charge in [-0.2, -0.15) is 0 Å². The Hall–Kier alpha value is -2.08. The van der Waals surface area contributed by atoms with E-state index in [1.165, 1.54) is 0 Å². The second-order valence-electron chi connectivity index (χ2n) is 5.61. The molecule has 4 rings (SSSR count). The zero-order valence-electron chi connectivity index (χ0n) is 11.9. The van der Waals surface area contributed by atoms with Crippen LogP contribution in [0.15, 0.2) is 42.5 Å². The van der Waals surface area contributed by atoms with Gasteiger partial charge in [-0.3, -0.25) is 0 Å². The standard InChI is InChI=1S/C17H16N2O3/c20-9-17-15(21)8-16(22-17)10-5-6-13-14(7-10)19-12-4-2-1-3-11(12)18-13/h1-7,15-17,20-21H,8-9H2/t15-,16-,17-/m1/s1. The highest BCUT2D eigenvalue weighted by Gasteiger charge is 2.34. The Kier molecular flexibility index (Phi) is 3.26. The SMILES string of the molecule is OC[C@H]1O[C@@H](c2ccc3nc4ccccc4nc3c2)C[C@H]1O. The molecule has 0 aliphatic carbocycles. The molecule has 2 heterocycles. The van der Waals surface area contributed by atoms with Gasteiger partial charge in [-0.1, -0.05) is 18.2 Å². The van der Waals surface area contributed by atoms with Gasteiger partial charge in [0, 0.05) is 6.42 Å². The molecule has 5 heteroatoms. The largest absolute Gasteiger partial charge is 0.394 e. The van der Waals surface area contributed by atoms with Gasteiger partial charge in [0.25, 0.3) is 0 Å². The normalized spacial score (nSPS) is 25.1. The highest BCUT2D eigenvalue weighted by atomic mass is 16.5. The minimum absolute atomic E-state index is 0.171. The molecule has 1 fully saturated rings. The maximum Gasteiger partial charge on any atom is 0.107 e. The van der Waals surface area contributed by atoms with E-state index in [1.54, 1.807) is 0 Å². The number of ether oxygens (including phenoxy) is 1. The van der Waals surface area contributed by atoms with Crippen molar-refractivity contribution >= 4 is 22.1 Å². The van der Waals surface area contributed by atoms with Crippen molar-refractivity contribution in [1.82, 2.24) is 9.97 Å². The summed E-state index contributed by atoms with van der Waals surface area (Å²) in [5.74, 6) is 0. The van der Waals surface area contributed by atoms with Gasteiger partial charge in [-0.15, -0.1) is 0 Å². The van der Waals surface area contributed by atoms with E-state index >= 15 is 0 Å². The van der Waals surface area contributed by atoms with Crippen molar-refractivity contribution in [2.24, 2.45) is 0 Å². The van der Waals surface area contributed by atoms with Crippen molar-refractivity contribution in [3.63, 3.8) is 0 Å². The molecule has 0 bridgehead atoms. The zero-order valence-corrected chi connectivity index (χ0v) is 11.9. The van der Waals surface area contributed by atoms with Crippen molar-refractivity contribution < 1.29 is 14.9 Å². The van der Waals surface area contributed by atoms with Crippen LogP contribution >= 0.6 is 0 Å². The Morgan fingerprint density at radius 2 is 1.68 bits per heavy atom. The Labute approximate surface area is 127 Å². The first-order valence-electron chi connectivity index (χ1n) is 7.35. The van der Waals surface area contributed by atoms with E-state index in [2.05, 4.69) is 9.97 Å². The molecule has 2 N–H and O–H groups in total. The lowest BCUT2D eigenvalue weighted by atomic mass is 10.0. The maximum absolute atomic E-state index is 9.86. The van der Waals surface area contributed by atoms with Gasteiger partial charge in [-0.05, 0) is 29.8 Å². The number of benzene rings is 2. The van der Waals surface area contributed by atoms with E-state index in [0.29, 0.717) is 6.42 Å². The van der Waals surface area contributed by atoms with Crippen LogP contribution in [-0.2, 0) is 4.74 Å². The van der Waals surface area contributed by atoms with Gasteiger partial charge < -0.3 is 14.9 Å². The summed E-state index contributed by atoms with van der Waals surface area (Å²) in [6.45, 7) is -0.171. The number of aromatic nitrogens is 2. The fourth-order valence-electron chi connectivity index (χ4n) is 2.95. The van der Waals surface area contributed by atoms with Crippen molar-refractivity contribution in [2.45, 2.75) is 24.7 Å². The topological polar surface area (TPSA) is 75.5 Å². The molecule has 0 spiro atoms. The van der Waals surface area contributed by atoms with Crippen LogP contribution in [0.25, 0.3) is 22.1 Å². The number of hydrogen-bond acceptors (Lipinski definition) is 5. The van der Waals surface area contributed by atoms with Crippen LogP contribution in [0.1, 0.15) is 18.1 Å². The van der Waals surface area contributed by atoms with E-state index in [0.717, 1.165) is 27.6 Å². The number of fused-ring (bicyclic) bond motifs is 2. The van der Waals surface area contributed by atoms with Crippen molar-refractivity contribution in [2.75, 3.05) is 6.61 Å². The van der Waals surface area contributed by atoms with Crippen molar-refractivity contribution in [3.05, 3.63) is 48.0 Å². The highest BCUT2D eigenvalue weighted by molar-refractivity contribution is 5.86. The van der Waals surface area contributed by atoms with Crippen LogP contribution in [0.2, 0.25) is 0 Å². The van der Waals surface area contributed by atoms with Crippen LogP contribution < -0.4 is 0 Å². The number of para-hydroxylation sites is 2. The summed E-state index contributed by atoms with van der Waals surface area (Å²) in [6.07, 6.45) is -0.876. The number of aliphatic hydroxyl groups is 2. The van der Waals surface area contributed by atoms with Crippen LogP contribution in [0.3, 0.4) is 0 Å². The molecule has 0 unspecified atom stereocenters. The summed E-state index contributed by atoms with van der Waals surface area (Å²) in [4.78, 5) is 9.24. The molecular formula is C17H16N2O3. The van der Waals surface area contributed by atoms with Gasteiger partial charge in [-0.25, -0.2) is 9.97 Å². The fourth-order valence-corrected chi connectivity index (χ4v) is 2.95. The number of nitrogens with zero attached hydrogens (tertiary/aromatic N) is 2. The molecule has 1 aromatic heterocycles. The summed E-state index contributed by atoms with van der Waals surface area (Å²) in [6, 6.07) is 13.6. The second-order valence-corrected chi connectivity index (χ2v) is 5.61. The Balaban J connectivity index is 1.75. The number of hydrogen-bond donors (Lipinski definition) is 2. The van der Waals surface area contributed by atoms with Gasteiger partial charge in [0.15, 0.2) is 0 Å².